The summed E-state index contributed by atoms with van der Waals surface area (Å²) in [6, 6.07) is 5.69. The molecule has 3 nitrogen and oxygen atoms in total. The van der Waals surface area contributed by atoms with E-state index in [0.29, 0.717) is 12.6 Å². The number of halogens is 1. The molecule has 1 saturated carbocycles. The molecule has 0 amide bonds. The highest BCUT2D eigenvalue weighted by Crippen LogP contribution is 2.28. The van der Waals surface area contributed by atoms with Crippen LogP contribution < -0.4 is 5.73 Å². The quantitative estimate of drug-likeness (QED) is 0.771. The van der Waals surface area contributed by atoms with Crippen molar-refractivity contribution in [3.8, 4) is 0 Å². The van der Waals surface area contributed by atoms with Gasteiger partial charge in [0.2, 0.25) is 0 Å². The fraction of sp³-hybridized carbons (Fsp3) is 0.538. The highest BCUT2D eigenvalue weighted by atomic mass is 19.1. The Morgan fingerprint density at radius 3 is 2.82 bits per heavy atom. The average molecular weight is 238 g/mol. The van der Waals surface area contributed by atoms with Gasteiger partial charge in [-0.25, -0.2) is 4.39 Å². The largest absolute Gasteiger partial charge is 0.396 e. The van der Waals surface area contributed by atoms with Gasteiger partial charge in [-0.15, -0.1) is 0 Å². The van der Waals surface area contributed by atoms with Gasteiger partial charge in [0.25, 0.3) is 0 Å². The molecule has 0 aromatic heterocycles. The minimum Gasteiger partial charge on any atom is -0.396 e. The Morgan fingerprint density at radius 1 is 1.47 bits per heavy atom. The molecule has 0 atom stereocenters. The van der Waals surface area contributed by atoms with Gasteiger partial charge >= 0.3 is 0 Å². The molecular formula is C13H19FN2O. The van der Waals surface area contributed by atoms with Crippen LogP contribution in [0.1, 0.15) is 18.4 Å². The number of hydrogen-bond donors (Lipinski definition) is 1. The van der Waals surface area contributed by atoms with Crippen LogP contribution in [0.3, 0.4) is 0 Å². The second-order valence-electron chi connectivity index (χ2n) is 4.55. The highest BCUT2D eigenvalue weighted by Gasteiger charge is 2.28. The van der Waals surface area contributed by atoms with Gasteiger partial charge < -0.3 is 10.5 Å². The number of anilines is 1. The van der Waals surface area contributed by atoms with Gasteiger partial charge in [0.05, 0.1) is 12.3 Å². The molecule has 17 heavy (non-hydrogen) atoms. The molecule has 1 aliphatic carbocycles. The molecule has 0 unspecified atom stereocenters. The maximum absolute atomic E-state index is 13.3. The Labute approximate surface area is 101 Å². The van der Waals surface area contributed by atoms with E-state index < -0.39 is 0 Å². The van der Waals surface area contributed by atoms with Crippen molar-refractivity contribution in [2.75, 3.05) is 26.0 Å². The van der Waals surface area contributed by atoms with E-state index in [1.165, 1.54) is 18.9 Å². The van der Waals surface area contributed by atoms with E-state index in [9.17, 15) is 4.39 Å². The van der Waals surface area contributed by atoms with Crippen molar-refractivity contribution < 1.29 is 9.13 Å². The summed E-state index contributed by atoms with van der Waals surface area (Å²) < 4.78 is 18.4. The third-order valence-corrected chi connectivity index (χ3v) is 3.10. The number of nitrogen functional groups attached to an aromatic ring is 1. The molecule has 1 aliphatic rings. The molecule has 94 valence electrons. The fourth-order valence-electron chi connectivity index (χ4n) is 1.94. The molecule has 1 aromatic rings. The molecule has 0 saturated heterocycles. The molecule has 2 N–H and O–H groups in total. The van der Waals surface area contributed by atoms with Crippen LogP contribution >= 0.6 is 0 Å². The van der Waals surface area contributed by atoms with Crippen LogP contribution in [0, 0.1) is 5.82 Å². The van der Waals surface area contributed by atoms with Crippen molar-refractivity contribution >= 4 is 5.69 Å². The zero-order valence-electron chi connectivity index (χ0n) is 10.2. The maximum Gasteiger partial charge on any atom is 0.146 e. The first-order valence-electron chi connectivity index (χ1n) is 5.97. The average Bonchev–Trinajstić information content (AvgIpc) is 3.13. The maximum atomic E-state index is 13.3. The smallest absolute Gasteiger partial charge is 0.146 e. The highest BCUT2D eigenvalue weighted by molar-refractivity contribution is 5.41. The summed E-state index contributed by atoms with van der Waals surface area (Å²) >= 11 is 0. The lowest BCUT2D eigenvalue weighted by Gasteiger charge is -2.21. The summed E-state index contributed by atoms with van der Waals surface area (Å²) in [7, 11) is 1.70. The van der Waals surface area contributed by atoms with Gasteiger partial charge in [-0.05, 0) is 30.5 Å². The van der Waals surface area contributed by atoms with Gasteiger partial charge in [0.15, 0.2) is 0 Å². The first-order chi connectivity index (χ1) is 8.20. The van der Waals surface area contributed by atoms with Crippen molar-refractivity contribution in [1.29, 1.82) is 0 Å². The molecule has 0 heterocycles. The van der Waals surface area contributed by atoms with Crippen LogP contribution in [-0.2, 0) is 11.3 Å². The van der Waals surface area contributed by atoms with Crippen LogP contribution in [0.25, 0.3) is 0 Å². The normalized spacial score (nSPS) is 15.5. The molecule has 0 spiro atoms. The van der Waals surface area contributed by atoms with Crippen molar-refractivity contribution in [2.24, 2.45) is 0 Å². The monoisotopic (exact) mass is 238 g/mol. The Morgan fingerprint density at radius 2 is 2.24 bits per heavy atom. The Hall–Kier alpha value is -1.13. The van der Waals surface area contributed by atoms with Crippen LogP contribution in [-0.4, -0.2) is 31.2 Å². The van der Waals surface area contributed by atoms with Crippen molar-refractivity contribution in [3.63, 3.8) is 0 Å². The van der Waals surface area contributed by atoms with Crippen LogP contribution in [0.5, 0.6) is 0 Å². The number of benzene rings is 1. The Balaban J connectivity index is 1.98. The number of methoxy groups -OCH3 is 1. The van der Waals surface area contributed by atoms with Crippen molar-refractivity contribution in [1.82, 2.24) is 4.90 Å². The Kier molecular flexibility index (Phi) is 3.97. The number of hydrogen-bond acceptors (Lipinski definition) is 3. The summed E-state index contributed by atoms with van der Waals surface area (Å²) in [6.07, 6.45) is 2.47. The van der Waals surface area contributed by atoms with Crippen molar-refractivity contribution in [2.45, 2.75) is 25.4 Å². The van der Waals surface area contributed by atoms with Crippen LogP contribution in [0.2, 0.25) is 0 Å². The predicted molar refractivity (Wildman–Crippen MR) is 66.1 cm³/mol. The summed E-state index contributed by atoms with van der Waals surface area (Å²) in [5, 5.41) is 0. The predicted octanol–water partition coefficient (Wildman–Crippen LogP) is 2.02. The Bertz CT molecular complexity index is 380. The first kappa shape index (κ1) is 12.3. The van der Waals surface area contributed by atoms with E-state index in [1.54, 1.807) is 13.2 Å². The van der Waals surface area contributed by atoms with Gasteiger partial charge in [-0.3, -0.25) is 4.90 Å². The summed E-state index contributed by atoms with van der Waals surface area (Å²) in [6.45, 7) is 2.38. The molecule has 0 radical (unpaired) electrons. The lowest BCUT2D eigenvalue weighted by molar-refractivity contribution is 0.139. The summed E-state index contributed by atoms with van der Waals surface area (Å²) in [5.74, 6) is -0.329. The van der Waals surface area contributed by atoms with Gasteiger partial charge in [0, 0.05) is 26.2 Å². The standard InChI is InChI=1S/C13H19FN2O/c1-17-7-6-16(11-3-4-11)9-10-2-5-13(15)12(14)8-10/h2,5,8,11H,3-4,6-7,9,15H2,1H3. The number of ether oxygens (including phenoxy) is 1. The fourth-order valence-corrected chi connectivity index (χ4v) is 1.94. The molecule has 1 aromatic carbocycles. The second kappa shape index (κ2) is 5.47. The second-order valence-corrected chi connectivity index (χ2v) is 4.55. The third kappa shape index (κ3) is 3.41. The molecular weight excluding hydrogens is 219 g/mol. The van der Waals surface area contributed by atoms with E-state index in [2.05, 4.69) is 4.90 Å². The first-order valence-corrected chi connectivity index (χ1v) is 5.97. The van der Waals surface area contributed by atoms with E-state index in [-0.39, 0.29) is 11.5 Å². The SMILES string of the molecule is COCCN(Cc1ccc(N)c(F)c1)C1CC1. The topological polar surface area (TPSA) is 38.5 Å². The van der Waals surface area contributed by atoms with E-state index in [0.717, 1.165) is 18.7 Å². The zero-order valence-corrected chi connectivity index (χ0v) is 10.2. The third-order valence-electron chi connectivity index (χ3n) is 3.10. The number of rotatable bonds is 6. The lowest BCUT2D eigenvalue weighted by atomic mass is 10.2. The minimum absolute atomic E-state index is 0.212. The summed E-state index contributed by atoms with van der Waals surface area (Å²) in [5.41, 5.74) is 6.65. The molecule has 0 bridgehead atoms. The lowest BCUT2D eigenvalue weighted by Crippen LogP contribution is -2.29. The molecule has 1 fully saturated rings. The summed E-state index contributed by atoms with van der Waals surface area (Å²) in [4.78, 5) is 2.34. The van der Waals surface area contributed by atoms with Crippen LogP contribution in [0.15, 0.2) is 18.2 Å². The molecule has 0 aliphatic heterocycles. The minimum atomic E-state index is -0.329. The molecule has 2 rings (SSSR count). The molecule has 4 heteroatoms. The van der Waals surface area contributed by atoms with Crippen molar-refractivity contribution in [3.05, 3.63) is 29.6 Å². The van der Waals surface area contributed by atoms with Gasteiger partial charge in [-0.1, -0.05) is 6.07 Å². The van der Waals surface area contributed by atoms with Gasteiger partial charge in [-0.2, -0.15) is 0 Å². The zero-order chi connectivity index (χ0) is 12.3. The van der Waals surface area contributed by atoms with E-state index in [4.69, 9.17) is 10.5 Å². The van der Waals surface area contributed by atoms with E-state index in [1.807, 2.05) is 6.07 Å². The van der Waals surface area contributed by atoms with E-state index >= 15 is 0 Å². The van der Waals surface area contributed by atoms with Crippen LogP contribution in [0.4, 0.5) is 10.1 Å². The van der Waals surface area contributed by atoms with Gasteiger partial charge in [0.1, 0.15) is 5.82 Å². The number of nitrogens with zero attached hydrogens (tertiary/aromatic N) is 1. The number of nitrogens with two attached hydrogens (primary N) is 1.